The molecular weight excluding hydrogens is 274 g/mol. The second kappa shape index (κ2) is 4.97. The quantitative estimate of drug-likeness (QED) is 0.777. The third-order valence-electron chi connectivity index (χ3n) is 3.03. The van der Waals surface area contributed by atoms with E-state index in [1.54, 1.807) is 25.3 Å². The highest BCUT2D eigenvalue weighted by atomic mass is 32.1. The molecule has 0 amide bonds. The standard InChI is InChI=1S/C14H13N3O2S/c1-15-14-17-12(7-20-14)11-6-13(18)9-4-3-8(19-2)5-10(9)16-11/h3-7H,1-2H3,(H,15,17)(H,16,18). The third-order valence-corrected chi connectivity index (χ3v) is 3.89. The predicted molar refractivity (Wildman–Crippen MR) is 81.8 cm³/mol. The topological polar surface area (TPSA) is 67.0 Å². The number of benzene rings is 1. The summed E-state index contributed by atoms with van der Waals surface area (Å²) in [6.45, 7) is 0. The van der Waals surface area contributed by atoms with E-state index in [4.69, 9.17) is 4.74 Å². The summed E-state index contributed by atoms with van der Waals surface area (Å²) < 4.78 is 5.18. The molecule has 3 rings (SSSR count). The number of hydrogen-bond acceptors (Lipinski definition) is 5. The zero-order valence-corrected chi connectivity index (χ0v) is 11.9. The van der Waals surface area contributed by atoms with Crippen LogP contribution in [-0.2, 0) is 0 Å². The van der Waals surface area contributed by atoms with Crippen molar-refractivity contribution >= 4 is 27.4 Å². The first kappa shape index (κ1) is 12.7. The van der Waals surface area contributed by atoms with Crippen molar-refractivity contribution in [2.45, 2.75) is 0 Å². The first-order valence-electron chi connectivity index (χ1n) is 6.06. The van der Waals surface area contributed by atoms with Gasteiger partial charge in [0.1, 0.15) is 5.75 Å². The van der Waals surface area contributed by atoms with Gasteiger partial charge in [-0.15, -0.1) is 11.3 Å². The van der Waals surface area contributed by atoms with Crippen LogP contribution < -0.4 is 15.5 Å². The Balaban J connectivity index is 2.19. The highest BCUT2D eigenvalue weighted by Gasteiger charge is 2.08. The van der Waals surface area contributed by atoms with E-state index < -0.39 is 0 Å². The summed E-state index contributed by atoms with van der Waals surface area (Å²) in [5, 5.41) is 6.34. The lowest BCUT2D eigenvalue weighted by atomic mass is 10.1. The lowest BCUT2D eigenvalue weighted by molar-refractivity contribution is 0.415. The smallest absolute Gasteiger partial charge is 0.190 e. The maximum atomic E-state index is 12.1. The molecule has 102 valence electrons. The number of nitrogens with one attached hydrogen (secondary N) is 2. The normalized spacial score (nSPS) is 10.7. The molecule has 0 fully saturated rings. The van der Waals surface area contributed by atoms with Crippen molar-refractivity contribution in [1.29, 1.82) is 0 Å². The largest absolute Gasteiger partial charge is 0.497 e. The summed E-state index contributed by atoms with van der Waals surface area (Å²) in [7, 11) is 3.42. The van der Waals surface area contributed by atoms with Crippen LogP contribution >= 0.6 is 11.3 Å². The molecule has 2 aromatic heterocycles. The summed E-state index contributed by atoms with van der Waals surface area (Å²) in [6.07, 6.45) is 0. The molecule has 1 aromatic carbocycles. The van der Waals surface area contributed by atoms with Crippen LogP contribution in [-0.4, -0.2) is 24.1 Å². The number of aromatic amines is 1. The van der Waals surface area contributed by atoms with Gasteiger partial charge in [-0.05, 0) is 12.1 Å². The van der Waals surface area contributed by atoms with Gasteiger partial charge in [-0.25, -0.2) is 4.98 Å². The maximum Gasteiger partial charge on any atom is 0.190 e. The van der Waals surface area contributed by atoms with E-state index in [-0.39, 0.29) is 5.43 Å². The Kier molecular flexibility index (Phi) is 3.15. The molecule has 0 aliphatic rings. The van der Waals surface area contributed by atoms with Crippen LogP contribution in [0.1, 0.15) is 0 Å². The van der Waals surface area contributed by atoms with Gasteiger partial charge in [-0.2, -0.15) is 0 Å². The van der Waals surface area contributed by atoms with Crippen molar-refractivity contribution in [1.82, 2.24) is 9.97 Å². The molecule has 0 atom stereocenters. The summed E-state index contributed by atoms with van der Waals surface area (Å²) in [5.74, 6) is 0.708. The van der Waals surface area contributed by atoms with Crippen molar-refractivity contribution < 1.29 is 4.74 Å². The summed E-state index contributed by atoms with van der Waals surface area (Å²) in [5.41, 5.74) is 2.16. The van der Waals surface area contributed by atoms with Crippen molar-refractivity contribution in [2.75, 3.05) is 19.5 Å². The van der Waals surface area contributed by atoms with E-state index in [9.17, 15) is 4.79 Å². The number of hydrogen-bond donors (Lipinski definition) is 2. The average molecular weight is 287 g/mol. The number of rotatable bonds is 3. The second-order valence-electron chi connectivity index (χ2n) is 4.25. The van der Waals surface area contributed by atoms with E-state index in [0.29, 0.717) is 16.8 Å². The van der Waals surface area contributed by atoms with Crippen LogP contribution in [0, 0.1) is 0 Å². The molecule has 6 heteroatoms. The molecule has 0 unspecified atom stereocenters. The van der Waals surface area contributed by atoms with Crippen molar-refractivity contribution in [3.8, 4) is 17.1 Å². The number of methoxy groups -OCH3 is 1. The van der Waals surface area contributed by atoms with Gasteiger partial charge >= 0.3 is 0 Å². The van der Waals surface area contributed by atoms with E-state index in [0.717, 1.165) is 16.3 Å². The molecule has 5 nitrogen and oxygen atoms in total. The van der Waals surface area contributed by atoms with Crippen LogP contribution in [0.25, 0.3) is 22.3 Å². The Labute approximate surface area is 119 Å². The van der Waals surface area contributed by atoms with Crippen molar-refractivity contribution in [3.63, 3.8) is 0 Å². The van der Waals surface area contributed by atoms with Crippen LogP contribution in [0.2, 0.25) is 0 Å². The number of thiazole rings is 1. The molecule has 0 bridgehead atoms. The lowest BCUT2D eigenvalue weighted by Crippen LogP contribution is -2.03. The van der Waals surface area contributed by atoms with Crippen LogP contribution in [0.4, 0.5) is 5.13 Å². The van der Waals surface area contributed by atoms with Gasteiger partial charge in [0.15, 0.2) is 10.6 Å². The lowest BCUT2D eigenvalue weighted by Gasteiger charge is -2.04. The highest BCUT2D eigenvalue weighted by Crippen LogP contribution is 2.24. The highest BCUT2D eigenvalue weighted by molar-refractivity contribution is 7.14. The average Bonchev–Trinajstić information content (AvgIpc) is 2.95. The zero-order valence-electron chi connectivity index (χ0n) is 11.1. The van der Waals surface area contributed by atoms with E-state index in [1.165, 1.54) is 11.3 Å². The van der Waals surface area contributed by atoms with Crippen LogP contribution in [0.15, 0.2) is 34.4 Å². The van der Waals surface area contributed by atoms with Crippen LogP contribution in [0.3, 0.4) is 0 Å². The van der Waals surface area contributed by atoms with Crippen molar-refractivity contribution in [3.05, 3.63) is 39.9 Å². The number of fused-ring (bicyclic) bond motifs is 1. The number of ether oxygens (including phenoxy) is 1. The molecule has 0 radical (unpaired) electrons. The SMILES string of the molecule is CNc1nc(-c2cc(=O)c3ccc(OC)cc3[nH]2)cs1. The van der Waals surface area contributed by atoms with E-state index in [1.807, 2.05) is 18.5 Å². The Morgan fingerprint density at radius 2 is 2.20 bits per heavy atom. The fraction of sp³-hybridized carbons (Fsp3) is 0.143. The van der Waals surface area contributed by atoms with Gasteiger partial charge in [0.05, 0.1) is 24.0 Å². The number of aromatic nitrogens is 2. The molecule has 0 aliphatic heterocycles. The van der Waals surface area contributed by atoms with Gasteiger partial charge in [-0.1, -0.05) is 0 Å². The minimum Gasteiger partial charge on any atom is -0.497 e. The number of H-pyrrole nitrogens is 1. The Hall–Kier alpha value is -2.34. The fourth-order valence-electron chi connectivity index (χ4n) is 2.01. The molecule has 0 saturated heterocycles. The Morgan fingerprint density at radius 1 is 1.35 bits per heavy atom. The van der Waals surface area contributed by atoms with Gasteiger partial charge in [0, 0.05) is 29.9 Å². The zero-order chi connectivity index (χ0) is 14.1. The van der Waals surface area contributed by atoms with Gasteiger partial charge in [-0.3, -0.25) is 4.79 Å². The summed E-state index contributed by atoms with van der Waals surface area (Å²) in [4.78, 5) is 19.8. The number of anilines is 1. The third kappa shape index (κ3) is 2.14. The molecule has 20 heavy (non-hydrogen) atoms. The van der Waals surface area contributed by atoms with E-state index in [2.05, 4.69) is 15.3 Å². The minimum atomic E-state index is -0.0320. The Morgan fingerprint density at radius 3 is 2.90 bits per heavy atom. The monoisotopic (exact) mass is 287 g/mol. The summed E-state index contributed by atoms with van der Waals surface area (Å²) >= 11 is 1.49. The Bertz CT molecular complexity index is 823. The fourth-order valence-corrected chi connectivity index (χ4v) is 2.68. The van der Waals surface area contributed by atoms with Crippen molar-refractivity contribution in [2.24, 2.45) is 0 Å². The van der Waals surface area contributed by atoms with Gasteiger partial charge in [0.2, 0.25) is 0 Å². The van der Waals surface area contributed by atoms with E-state index >= 15 is 0 Å². The molecule has 0 saturated carbocycles. The number of nitrogens with zero attached hydrogens (tertiary/aromatic N) is 1. The van der Waals surface area contributed by atoms with Gasteiger partial charge in [0.25, 0.3) is 0 Å². The minimum absolute atomic E-state index is 0.0320. The summed E-state index contributed by atoms with van der Waals surface area (Å²) in [6, 6.07) is 6.92. The molecule has 2 N–H and O–H groups in total. The molecule has 3 aromatic rings. The number of pyridine rings is 1. The molecular formula is C14H13N3O2S. The molecule has 2 heterocycles. The van der Waals surface area contributed by atoms with Gasteiger partial charge < -0.3 is 15.0 Å². The first-order valence-corrected chi connectivity index (χ1v) is 6.94. The maximum absolute atomic E-state index is 12.1. The van der Waals surface area contributed by atoms with Crippen LogP contribution in [0.5, 0.6) is 5.75 Å². The molecule has 0 spiro atoms. The second-order valence-corrected chi connectivity index (χ2v) is 5.10. The molecule has 0 aliphatic carbocycles. The first-order chi connectivity index (χ1) is 9.71. The predicted octanol–water partition coefficient (Wildman–Crippen LogP) is 2.70.